The van der Waals surface area contributed by atoms with Crippen molar-refractivity contribution in [2.45, 2.75) is 37.9 Å². The molecule has 1 heterocycles. The number of ether oxygens (including phenoxy) is 1. The van der Waals surface area contributed by atoms with E-state index in [9.17, 15) is 4.79 Å². The summed E-state index contributed by atoms with van der Waals surface area (Å²) in [6.45, 7) is 2.13. The van der Waals surface area contributed by atoms with Gasteiger partial charge in [0.2, 0.25) is 0 Å². The van der Waals surface area contributed by atoms with Crippen LogP contribution in [0.4, 0.5) is 0 Å². The van der Waals surface area contributed by atoms with Gasteiger partial charge in [-0.15, -0.1) is 11.8 Å². The van der Waals surface area contributed by atoms with Crippen LogP contribution in [-0.4, -0.2) is 17.8 Å². The number of nitrogens with zero attached hydrogens (tertiary/aromatic N) is 2. The van der Waals surface area contributed by atoms with Gasteiger partial charge in [0.1, 0.15) is 17.7 Å². The molecule has 1 saturated carbocycles. The summed E-state index contributed by atoms with van der Waals surface area (Å²) in [5.74, 6) is -0.0721. The molecule has 0 aromatic heterocycles. The molecule has 0 bridgehead atoms. The average molecular weight is 303 g/mol. The standard InChI is InChI=1S/C15H17N3O2S/c1-2-20-15(19)13-11-5-3-4-6-12(11)21-14(13)18-9-10(7-16)8-17/h9,11-12,18H,2-6H2,1H3. The van der Waals surface area contributed by atoms with Crippen LogP contribution in [0.5, 0.6) is 0 Å². The number of fused-ring (bicyclic) bond motifs is 1. The van der Waals surface area contributed by atoms with E-state index in [4.69, 9.17) is 15.3 Å². The van der Waals surface area contributed by atoms with Crippen LogP contribution in [0.25, 0.3) is 0 Å². The lowest BCUT2D eigenvalue weighted by atomic mass is 9.84. The second-order valence-corrected chi connectivity index (χ2v) is 6.19. The lowest BCUT2D eigenvalue weighted by Crippen LogP contribution is -2.24. The molecule has 0 aromatic carbocycles. The molecule has 0 amide bonds. The Hall–Kier alpha value is -1.92. The van der Waals surface area contributed by atoms with Crippen molar-refractivity contribution in [2.75, 3.05) is 6.61 Å². The third kappa shape index (κ3) is 3.40. The minimum Gasteiger partial charge on any atom is -0.463 e. The fraction of sp³-hybridized carbons (Fsp3) is 0.533. The van der Waals surface area contributed by atoms with E-state index in [2.05, 4.69) is 5.32 Å². The van der Waals surface area contributed by atoms with Crippen LogP contribution >= 0.6 is 11.8 Å². The number of carbonyl (C=O) groups is 1. The van der Waals surface area contributed by atoms with Gasteiger partial charge in [0.05, 0.1) is 17.2 Å². The number of nitrogens with one attached hydrogen (secondary N) is 1. The van der Waals surface area contributed by atoms with Crippen molar-refractivity contribution in [3.63, 3.8) is 0 Å². The number of allylic oxidation sites excluding steroid dienone is 1. The van der Waals surface area contributed by atoms with Crippen molar-refractivity contribution < 1.29 is 9.53 Å². The van der Waals surface area contributed by atoms with Gasteiger partial charge in [0, 0.05) is 17.4 Å². The third-order valence-corrected chi connectivity index (χ3v) is 5.11. The van der Waals surface area contributed by atoms with Crippen LogP contribution in [0.1, 0.15) is 32.6 Å². The van der Waals surface area contributed by atoms with E-state index >= 15 is 0 Å². The van der Waals surface area contributed by atoms with Crippen LogP contribution in [0.15, 0.2) is 22.4 Å². The van der Waals surface area contributed by atoms with Crippen LogP contribution in [0.2, 0.25) is 0 Å². The van der Waals surface area contributed by atoms with Crippen molar-refractivity contribution in [1.29, 1.82) is 10.5 Å². The topological polar surface area (TPSA) is 85.9 Å². The summed E-state index contributed by atoms with van der Waals surface area (Å²) in [5, 5.41) is 21.6. The fourth-order valence-electron chi connectivity index (χ4n) is 2.74. The van der Waals surface area contributed by atoms with Gasteiger partial charge in [-0.1, -0.05) is 12.8 Å². The molecule has 1 aliphatic carbocycles. The predicted octanol–water partition coefficient (Wildman–Crippen LogP) is 2.59. The molecule has 1 aliphatic heterocycles. The van der Waals surface area contributed by atoms with E-state index in [1.165, 1.54) is 12.6 Å². The van der Waals surface area contributed by atoms with Gasteiger partial charge in [-0.2, -0.15) is 10.5 Å². The van der Waals surface area contributed by atoms with E-state index in [0.29, 0.717) is 17.4 Å². The first-order chi connectivity index (χ1) is 10.2. The Labute approximate surface area is 128 Å². The fourth-order valence-corrected chi connectivity index (χ4v) is 4.26. The molecule has 0 aromatic rings. The number of hydrogen-bond acceptors (Lipinski definition) is 6. The lowest BCUT2D eigenvalue weighted by molar-refractivity contribution is -0.139. The molecule has 2 rings (SSSR count). The third-order valence-electron chi connectivity index (χ3n) is 3.67. The van der Waals surface area contributed by atoms with Gasteiger partial charge in [0.25, 0.3) is 0 Å². The maximum absolute atomic E-state index is 12.2. The predicted molar refractivity (Wildman–Crippen MR) is 79.4 cm³/mol. The first-order valence-electron chi connectivity index (χ1n) is 7.06. The van der Waals surface area contributed by atoms with Gasteiger partial charge in [-0.05, 0) is 19.8 Å². The average Bonchev–Trinajstić information content (AvgIpc) is 2.87. The van der Waals surface area contributed by atoms with Crippen LogP contribution in [-0.2, 0) is 9.53 Å². The lowest BCUT2D eigenvalue weighted by Gasteiger charge is -2.25. The zero-order chi connectivity index (χ0) is 15.2. The summed E-state index contributed by atoms with van der Waals surface area (Å²) < 4.78 is 5.16. The summed E-state index contributed by atoms with van der Waals surface area (Å²) in [5.41, 5.74) is 0.666. The van der Waals surface area contributed by atoms with Gasteiger partial charge in [-0.3, -0.25) is 0 Å². The van der Waals surface area contributed by atoms with Crippen molar-refractivity contribution >= 4 is 17.7 Å². The van der Waals surface area contributed by atoms with Crippen molar-refractivity contribution in [3.05, 3.63) is 22.4 Å². The summed E-state index contributed by atoms with van der Waals surface area (Å²) in [6, 6.07) is 3.59. The minimum absolute atomic E-state index is 0.0128. The maximum atomic E-state index is 12.2. The number of carbonyl (C=O) groups excluding carboxylic acids is 1. The molecule has 2 atom stereocenters. The molecule has 2 unspecified atom stereocenters. The second kappa shape index (κ2) is 7.19. The normalized spacial score (nSPS) is 23.6. The highest BCUT2D eigenvalue weighted by Gasteiger charge is 2.40. The molecular weight excluding hydrogens is 286 g/mol. The SMILES string of the molecule is CCOC(=O)C1=C(NC=C(C#N)C#N)SC2CCCCC12. The van der Waals surface area contributed by atoms with E-state index in [1.807, 2.05) is 0 Å². The Balaban J connectivity index is 2.25. The molecule has 0 spiro atoms. The Bertz CT molecular complexity index is 552. The molecule has 1 fully saturated rings. The largest absolute Gasteiger partial charge is 0.463 e. The molecule has 1 N–H and O–H groups in total. The first-order valence-corrected chi connectivity index (χ1v) is 7.94. The van der Waals surface area contributed by atoms with E-state index in [-0.39, 0.29) is 17.5 Å². The highest BCUT2D eigenvalue weighted by atomic mass is 32.2. The number of esters is 1. The smallest absolute Gasteiger partial charge is 0.336 e. The Morgan fingerprint density at radius 3 is 2.81 bits per heavy atom. The zero-order valence-corrected chi connectivity index (χ0v) is 12.7. The number of hydrogen-bond donors (Lipinski definition) is 1. The molecule has 21 heavy (non-hydrogen) atoms. The van der Waals surface area contributed by atoms with Gasteiger partial charge in [-0.25, -0.2) is 4.79 Å². The van der Waals surface area contributed by atoms with E-state index < -0.39 is 0 Å². The van der Waals surface area contributed by atoms with Crippen LogP contribution in [0, 0.1) is 28.6 Å². The molecule has 5 nitrogen and oxygen atoms in total. The second-order valence-electron chi connectivity index (χ2n) is 4.94. The maximum Gasteiger partial charge on any atom is 0.336 e. The zero-order valence-electron chi connectivity index (χ0n) is 11.9. The molecule has 0 saturated heterocycles. The minimum atomic E-state index is -0.286. The van der Waals surface area contributed by atoms with Crippen molar-refractivity contribution in [1.82, 2.24) is 5.32 Å². The molecule has 2 aliphatic rings. The Morgan fingerprint density at radius 1 is 1.43 bits per heavy atom. The first kappa shape index (κ1) is 15.5. The van der Waals surface area contributed by atoms with E-state index in [0.717, 1.165) is 24.3 Å². The Morgan fingerprint density at radius 2 is 2.14 bits per heavy atom. The van der Waals surface area contributed by atoms with Crippen LogP contribution < -0.4 is 5.32 Å². The number of nitriles is 2. The molecule has 6 heteroatoms. The van der Waals surface area contributed by atoms with Crippen molar-refractivity contribution in [3.8, 4) is 12.1 Å². The number of thioether (sulfide) groups is 1. The monoisotopic (exact) mass is 303 g/mol. The van der Waals surface area contributed by atoms with Crippen molar-refractivity contribution in [2.24, 2.45) is 5.92 Å². The summed E-state index contributed by atoms with van der Waals surface area (Å²) >= 11 is 1.62. The quantitative estimate of drug-likeness (QED) is 0.634. The molecule has 0 radical (unpaired) electrons. The summed E-state index contributed by atoms with van der Waals surface area (Å²) in [4.78, 5) is 12.2. The van der Waals surface area contributed by atoms with E-state index in [1.54, 1.807) is 30.8 Å². The molecule has 110 valence electrons. The highest BCUT2D eigenvalue weighted by Crippen LogP contribution is 2.48. The molecular formula is C15H17N3O2S. The Kier molecular flexibility index (Phi) is 5.30. The summed E-state index contributed by atoms with van der Waals surface area (Å²) in [7, 11) is 0. The van der Waals surface area contributed by atoms with Gasteiger partial charge in [0.15, 0.2) is 0 Å². The van der Waals surface area contributed by atoms with Gasteiger partial charge < -0.3 is 10.1 Å². The van der Waals surface area contributed by atoms with Gasteiger partial charge >= 0.3 is 5.97 Å². The number of rotatable bonds is 4. The summed E-state index contributed by atoms with van der Waals surface area (Å²) in [6.07, 6.45) is 5.73. The highest BCUT2D eigenvalue weighted by molar-refractivity contribution is 8.04. The van der Waals surface area contributed by atoms with Crippen LogP contribution in [0.3, 0.4) is 0 Å².